The molecule has 0 bridgehead atoms. The van der Waals surface area contributed by atoms with Gasteiger partial charge in [-0.1, -0.05) is 37.6 Å². The number of benzene rings is 1. The number of unbranched alkanes of at least 4 members (excludes halogenated alkanes) is 1. The lowest BCUT2D eigenvalue weighted by atomic mass is 10.1. The van der Waals surface area contributed by atoms with Gasteiger partial charge in [-0.05, 0) is 24.5 Å². The van der Waals surface area contributed by atoms with Gasteiger partial charge in [-0.3, -0.25) is 4.99 Å². The first kappa shape index (κ1) is 26.1. The molecule has 156 valence electrons. The summed E-state index contributed by atoms with van der Waals surface area (Å²) in [5.74, 6) is 0.770. The number of guanidine groups is 1. The summed E-state index contributed by atoms with van der Waals surface area (Å²) >= 11 is 0. The molecule has 1 aromatic carbocycles. The van der Waals surface area contributed by atoms with Gasteiger partial charge in [0.15, 0.2) is 5.96 Å². The number of nitrogens with zero attached hydrogens (tertiary/aromatic N) is 1. The summed E-state index contributed by atoms with van der Waals surface area (Å²) < 4.78 is 16.4. The molecular weight excluding hydrogens is 457 g/mol. The summed E-state index contributed by atoms with van der Waals surface area (Å²) in [6.07, 6.45) is 2.27. The number of rotatable bonds is 14. The Bertz CT molecular complexity index is 484. The van der Waals surface area contributed by atoms with Crippen molar-refractivity contribution in [3.63, 3.8) is 0 Å². The second kappa shape index (κ2) is 18.5. The smallest absolute Gasteiger partial charge is 0.191 e. The van der Waals surface area contributed by atoms with Crippen LogP contribution in [0, 0.1) is 0 Å². The van der Waals surface area contributed by atoms with Crippen molar-refractivity contribution in [3.05, 3.63) is 35.4 Å². The van der Waals surface area contributed by atoms with E-state index in [1.165, 1.54) is 11.1 Å². The van der Waals surface area contributed by atoms with Gasteiger partial charge in [-0.25, -0.2) is 0 Å². The molecule has 6 nitrogen and oxygen atoms in total. The van der Waals surface area contributed by atoms with E-state index in [1.807, 2.05) is 6.92 Å². The van der Waals surface area contributed by atoms with E-state index in [2.05, 4.69) is 46.8 Å². The van der Waals surface area contributed by atoms with Crippen LogP contribution in [0.5, 0.6) is 0 Å². The predicted molar refractivity (Wildman–Crippen MR) is 122 cm³/mol. The minimum atomic E-state index is 0. The molecule has 0 unspecified atom stereocenters. The van der Waals surface area contributed by atoms with Crippen LogP contribution in [0.25, 0.3) is 0 Å². The van der Waals surface area contributed by atoms with Crippen molar-refractivity contribution in [1.29, 1.82) is 0 Å². The van der Waals surface area contributed by atoms with Crippen LogP contribution in [0.15, 0.2) is 29.3 Å². The third-order valence-corrected chi connectivity index (χ3v) is 3.73. The molecule has 1 aromatic rings. The molecule has 0 aliphatic heterocycles. The number of halogens is 1. The highest BCUT2D eigenvalue weighted by molar-refractivity contribution is 14.0. The van der Waals surface area contributed by atoms with Gasteiger partial charge in [-0.15, -0.1) is 24.0 Å². The van der Waals surface area contributed by atoms with Gasteiger partial charge in [0.05, 0.1) is 26.4 Å². The maximum atomic E-state index is 5.53. The van der Waals surface area contributed by atoms with Crippen LogP contribution in [0.4, 0.5) is 0 Å². The Balaban J connectivity index is 0.00000676. The average molecular weight is 493 g/mol. The quantitative estimate of drug-likeness (QED) is 0.180. The number of aliphatic imine (C=N–C) groups is 1. The van der Waals surface area contributed by atoms with Gasteiger partial charge in [0, 0.05) is 33.4 Å². The molecule has 0 amide bonds. The SMILES string of the molecule is CCCCOCCOCCNC(=NC)NCc1ccc(COCC)cc1.I. The highest BCUT2D eigenvalue weighted by Crippen LogP contribution is 2.05. The summed E-state index contributed by atoms with van der Waals surface area (Å²) in [7, 11) is 1.77. The van der Waals surface area contributed by atoms with Crippen LogP contribution in [0.3, 0.4) is 0 Å². The van der Waals surface area contributed by atoms with E-state index in [1.54, 1.807) is 7.05 Å². The van der Waals surface area contributed by atoms with Crippen molar-refractivity contribution >= 4 is 29.9 Å². The molecule has 27 heavy (non-hydrogen) atoms. The van der Waals surface area contributed by atoms with E-state index in [4.69, 9.17) is 14.2 Å². The number of hydrogen-bond donors (Lipinski definition) is 2. The Labute approximate surface area is 181 Å². The fourth-order valence-electron chi connectivity index (χ4n) is 2.19. The zero-order chi connectivity index (χ0) is 18.9. The molecule has 2 N–H and O–H groups in total. The highest BCUT2D eigenvalue weighted by atomic mass is 127. The van der Waals surface area contributed by atoms with Crippen LogP contribution < -0.4 is 10.6 Å². The Kier molecular flexibility index (Phi) is 17.8. The number of ether oxygens (including phenoxy) is 3. The Hall–Kier alpha value is -0.900. The molecule has 0 atom stereocenters. The molecule has 0 aromatic heterocycles. The molecular formula is C20H36IN3O3. The van der Waals surface area contributed by atoms with Crippen LogP contribution in [0.1, 0.15) is 37.8 Å². The summed E-state index contributed by atoms with van der Waals surface area (Å²) in [4.78, 5) is 4.22. The molecule has 0 aliphatic carbocycles. The maximum Gasteiger partial charge on any atom is 0.191 e. The largest absolute Gasteiger partial charge is 0.379 e. The van der Waals surface area contributed by atoms with Crippen molar-refractivity contribution in [2.24, 2.45) is 4.99 Å². The lowest BCUT2D eigenvalue weighted by Crippen LogP contribution is -2.38. The van der Waals surface area contributed by atoms with Crippen LogP contribution >= 0.6 is 24.0 Å². The van der Waals surface area contributed by atoms with Crippen LogP contribution in [-0.4, -0.2) is 52.6 Å². The van der Waals surface area contributed by atoms with Crippen molar-refractivity contribution in [1.82, 2.24) is 10.6 Å². The highest BCUT2D eigenvalue weighted by Gasteiger charge is 1.99. The van der Waals surface area contributed by atoms with E-state index < -0.39 is 0 Å². The molecule has 1 rings (SSSR count). The molecule has 0 spiro atoms. The Morgan fingerprint density at radius 1 is 0.889 bits per heavy atom. The average Bonchev–Trinajstić information content (AvgIpc) is 2.68. The van der Waals surface area contributed by atoms with Crippen LogP contribution in [0.2, 0.25) is 0 Å². The Morgan fingerprint density at radius 3 is 2.19 bits per heavy atom. The molecule has 0 heterocycles. The molecule has 0 radical (unpaired) electrons. The van der Waals surface area contributed by atoms with E-state index >= 15 is 0 Å². The molecule has 0 saturated heterocycles. The fraction of sp³-hybridized carbons (Fsp3) is 0.650. The third-order valence-electron chi connectivity index (χ3n) is 3.73. The third kappa shape index (κ3) is 13.8. The lowest BCUT2D eigenvalue weighted by Gasteiger charge is -2.12. The van der Waals surface area contributed by atoms with E-state index in [0.29, 0.717) is 33.0 Å². The second-order valence-electron chi connectivity index (χ2n) is 5.88. The molecule has 0 fully saturated rings. The topological polar surface area (TPSA) is 64.1 Å². The van der Waals surface area contributed by atoms with Gasteiger partial charge in [0.25, 0.3) is 0 Å². The van der Waals surface area contributed by atoms with E-state index in [9.17, 15) is 0 Å². The first-order chi connectivity index (χ1) is 12.8. The molecule has 0 saturated carbocycles. The van der Waals surface area contributed by atoms with Gasteiger partial charge in [-0.2, -0.15) is 0 Å². The summed E-state index contributed by atoms with van der Waals surface area (Å²) in [5, 5.41) is 6.54. The monoisotopic (exact) mass is 493 g/mol. The van der Waals surface area contributed by atoms with Gasteiger partial charge < -0.3 is 24.8 Å². The Morgan fingerprint density at radius 2 is 1.56 bits per heavy atom. The first-order valence-corrected chi connectivity index (χ1v) is 9.55. The van der Waals surface area contributed by atoms with E-state index in [0.717, 1.165) is 38.6 Å². The van der Waals surface area contributed by atoms with Gasteiger partial charge in [0.2, 0.25) is 0 Å². The van der Waals surface area contributed by atoms with Crippen LogP contribution in [-0.2, 0) is 27.4 Å². The van der Waals surface area contributed by atoms with E-state index in [-0.39, 0.29) is 24.0 Å². The molecule has 0 aliphatic rings. The second-order valence-corrected chi connectivity index (χ2v) is 5.88. The van der Waals surface area contributed by atoms with Crippen molar-refractivity contribution < 1.29 is 14.2 Å². The zero-order valence-electron chi connectivity index (χ0n) is 17.0. The first-order valence-electron chi connectivity index (χ1n) is 9.55. The van der Waals surface area contributed by atoms with Crippen molar-refractivity contribution in [2.75, 3.05) is 46.6 Å². The van der Waals surface area contributed by atoms with Crippen molar-refractivity contribution in [2.45, 2.75) is 39.8 Å². The minimum absolute atomic E-state index is 0. The normalized spacial score (nSPS) is 11.1. The standard InChI is InChI=1S/C20H35N3O3.HI/c1-4-6-12-25-14-15-26-13-11-22-20(21-3)23-16-18-7-9-19(10-8-18)17-24-5-2;/h7-10H,4-6,11-17H2,1-3H3,(H2,21,22,23);1H. The predicted octanol–water partition coefficient (Wildman–Crippen LogP) is 3.34. The van der Waals surface area contributed by atoms with Gasteiger partial charge >= 0.3 is 0 Å². The minimum Gasteiger partial charge on any atom is -0.379 e. The lowest BCUT2D eigenvalue weighted by molar-refractivity contribution is 0.0487. The summed E-state index contributed by atoms with van der Waals surface area (Å²) in [6, 6.07) is 8.41. The molecule has 7 heteroatoms. The zero-order valence-corrected chi connectivity index (χ0v) is 19.3. The van der Waals surface area contributed by atoms with Gasteiger partial charge in [0.1, 0.15) is 0 Å². The summed E-state index contributed by atoms with van der Waals surface area (Å²) in [5.41, 5.74) is 2.39. The van der Waals surface area contributed by atoms with Crippen molar-refractivity contribution in [3.8, 4) is 0 Å². The number of nitrogens with one attached hydrogen (secondary N) is 2. The maximum absolute atomic E-state index is 5.53. The summed E-state index contributed by atoms with van der Waals surface area (Å²) in [6.45, 7) is 9.73. The fourth-order valence-corrected chi connectivity index (χ4v) is 2.19. The number of hydrogen-bond acceptors (Lipinski definition) is 4.